The Labute approximate surface area is 270 Å². The van der Waals surface area contributed by atoms with Crippen LogP contribution in [-0.2, 0) is 25.3 Å². The van der Waals surface area contributed by atoms with Crippen LogP contribution in [0.5, 0.6) is 11.5 Å². The molecule has 3 aliphatic rings. The summed E-state index contributed by atoms with van der Waals surface area (Å²) in [6.07, 6.45) is 14.5. The number of aromatic nitrogens is 2. The summed E-state index contributed by atoms with van der Waals surface area (Å²) in [5.74, 6) is 1.76. The van der Waals surface area contributed by atoms with E-state index < -0.39 is 11.8 Å². The fourth-order valence-corrected chi connectivity index (χ4v) is 7.56. The first-order valence-electron chi connectivity index (χ1n) is 13.8. The van der Waals surface area contributed by atoms with Gasteiger partial charge in [-0.1, -0.05) is 13.0 Å². The first kappa shape index (κ1) is 30.9. The van der Waals surface area contributed by atoms with Gasteiger partial charge in [0.05, 0.1) is 5.56 Å². The molecule has 0 spiro atoms. The van der Waals surface area contributed by atoms with Gasteiger partial charge < -0.3 is 57.4 Å². The number of esters is 1. The molecule has 2 aromatic heterocycles. The fourth-order valence-electron chi connectivity index (χ4n) is 7.56. The zero-order chi connectivity index (χ0) is 26.4. The molecule has 6 rings (SSSR count). The topological polar surface area (TPSA) is 60.4 Å². The minimum Gasteiger partial charge on any atom is -1.00 e. The number of Topliss-reactive ketones (excluding diaryl/α,β-unsaturated/α-hetero) is 1. The van der Waals surface area contributed by atoms with E-state index in [1.54, 1.807) is 22.9 Å². The van der Waals surface area contributed by atoms with Crippen LogP contribution in [0.25, 0.3) is 0 Å². The first-order chi connectivity index (χ1) is 18.3. The molecule has 0 amide bonds. The number of hydrogen-bond donors (Lipinski definition) is 0. The maximum absolute atomic E-state index is 12.6. The lowest BCUT2D eigenvalue weighted by Crippen LogP contribution is -3.00. The number of carbonyl (C=O) groups excluding carboxylic acids is 2. The Morgan fingerprint density at radius 3 is 2.40 bits per heavy atom. The molecular formula is C32H36I2N2O4. The molecule has 2 heterocycles. The standard InChI is InChI=1S/C32H36N2O4.2HI/c1-32-15-14-26-25-11-9-23(38-31(36)30(35)22-6-4-16-33(2)19-22)18-21(25)8-10-27(26)28(32)12-13-29(32)37-24-7-5-17-34(3)20-24;;/h4-7,9,11,16-20,26-29H,8,10,12-15H2,1-3H3;2*1H/q+2;;/p-2/t26?,27?,28?,29-,32-;;/m0../s1. The van der Waals surface area contributed by atoms with Gasteiger partial charge in [0.1, 0.15) is 25.9 Å². The van der Waals surface area contributed by atoms with Crippen molar-refractivity contribution in [2.45, 2.75) is 57.5 Å². The first-order valence-corrected chi connectivity index (χ1v) is 13.8. The summed E-state index contributed by atoms with van der Waals surface area (Å²) in [6, 6.07) is 13.5. The predicted octanol–water partition coefficient (Wildman–Crippen LogP) is -1.56. The highest BCUT2D eigenvalue weighted by Crippen LogP contribution is 2.61. The van der Waals surface area contributed by atoms with Crippen LogP contribution in [0.1, 0.15) is 66.4 Å². The average Bonchev–Trinajstić information content (AvgIpc) is 3.24. The third-order valence-corrected chi connectivity index (χ3v) is 9.40. The quantitative estimate of drug-likeness (QED) is 0.0789. The molecule has 2 saturated carbocycles. The van der Waals surface area contributed by atoms with Crippen molar-refractivity contribution in [3.05, 3.63) is 83.9 Å². The summed E-state index contributed by atoms with van der Waals surface area (Å²) in [5, 5.41) is 0. The van der Waals surface area contributed by atoms with Crippen LogP contribution in [0.4, 0.5) is 0 Å². The second-order valence-corrected chi connectivity index (χ2v) is 11.7. The highest BCUT2D eigenvalue weighted by molar-refractivity contribution is 6.41. The molecule has 8 heteroatoms. The van der Waals surface area contributed by atoms with Crippen LogP contribution in [-0.4, -0.2) is 17.9 Å². The largest absolute Gasteiger partial charge is 1.00 e. The van der Waals surface area contributed by atoms with Gasteiger partial charge in [-0.25, -0.2) is 13.9 Å². The Bertz CT molecular complexity index is 1410. The normalized spacial score (nSPS) is 26.2. The molecule has 5 atom stereocenters. The fraction of sp³-hybridized carbons (Fsp3) is 0.438. The Morgan fingerprint density at radius 2 is 1.65 bits per heavy atom. The molecule has 6 nitrogen and oxygen atoms in total. The van der Waals surface area contributed by atoms with Gasteiger partial charge in [-0.2, -0.15) is 0 Å². The van der Waals surface area contributed by atoms with E-state index >= 15 is 0 Å². The molecular weight excluding hydrogens is 730 g/mol. The summed E-state index contributed by atoms with van der Waals surface area (Å²) in [4.78, 5) is 25.1. The van der Waals surface area contributed by atoms with E-state index in [9.17, 15) is 9.59 Å². The van der Waals surface area contributed by atoms with Crippen LogP contribution in [0.2, 0.25) is 0 Å². The summed E-state index contributed by atoms with van der Waals surface area (Å²) >= 11 is 0. The molecule has 1 aromatic carbocycles. The van der Waals surface area contributed by atoms with Gasteiger partial charge in [0.2, 0.25) is 6.20 Å². The number of ketones is 1. The van der Waals surface area contributed by atoms with Crippen molar-refractivity contribution in [1.29, 1.82) is 0 Å². The van der Waals surface area contributed by atoms with Crippen molar-refractivity contribution in [1.82, 2.24) is 0 Å². The SMILES string of the molecule is C[n+]1cccc(O[C@H]2CCC3C4CCc5cc(OC(=O)C(=O)c6ccc[n+](C)c6)ccc5C4CC[C@@]32C)c1.[I-].[I-]. The molecule has 3 unspecified atom stereocenters. The number of pyridine rings is 2. The second-order valence-electron chi connectivity index (χ2n) is 11.7. The number of fused-ring (bicyclic) bond motifs is 5. The van der Waals surface area contributed by atoms with Gasteiger partial charge in [0.15, 0.2) is 24.3 Å². The number of halogens is 2. The summed E-state index contributed by atoms with van der Waals surface area (Å²) in [6.45, 7) is 2.45. The van der Waals surface area contributed by atoms with Crippen molar-refractivity contribution in [2.24, 2.45) is 31.3 Å². The number of aryl methyl sites for hydroxylation is 3. The van der Waals surface area contributed by atoms with Crippen molar-refractivity contribution >= 4 is 11.8 Å². The van der Waals surface area contributed by atoms with Crippen molar-refractivity contribution in [2.75, 3.05) is 0 Å². The van der Waals surface area contributed by atoms with Gasteiger partial charge in [0.25, 0.3) is 5.78 Å². The summed E-state index contributed by atoms with van der Waals surface area (Å²) in [7, 11) is 3.85. The van der Waals surface area contributed by atoms with E-state index in [1.807, 2.05) is 49.3 Å². The summed E-state index contributed by atoms with van der Waals surface area (Å²) < 4.78 is 15.9. The predicted molar refractivity (Wildman–Crippen MR) is 141 cm³/mol. The minimum atomic E-state index is -0.845. The van der Waals surface area contributed by atoms with Crippen molar-refractivity contribution in [3.8, 4) is 11.5 Å². The smallest absolute Gasteiger partial charge is 0.385 e. The number of ether oxygens (including phenoxy) is 2. The lowest BCUT2D eigenvalue weighted by Gasteiger charge is -2.50. The molecule has 0 N–H and O–H groups in total. The Balaban J connectivity index is 0.00000185. The van der Waals surface area contributed by atoms with Gasteiger partial charge in [-0.05, 0) is 91.7 Å². The number of hydrogen-bond acceptors (Lipinski definition) is 4. The van der Waals surface area contributed by atoms with Crippen LogP contribution >= 0.6 is 0 Å². The highest BCUT2D eigenvalue weighted by Gasteiger charge is 2.56. The number of benzene rings is 1. The van der Waals surface area contributed by atoms with E-state index in [-0.39, 0.29) is 59.5 Å². The van der Waals surface area contributed by atoms with E-state index in [0.29, 0.717) is 29.1 Å². The van der Waals surface area contributed by atoms with Crippen LogP contribution in [0.3, 0.4) is 0 Å². The maximum atomic E-state index is 12.6. The van der Waals surface area contributed by atoms with E-state index in [4.69, 9.17) is 9.47 Å². The molecule has 2 fully saturated rings. The van der Waals surface area contributed by atoms with Gasteiger partial charge >= 0.3 is 5.97 Å². The zero-order valence-corrected chi connectivity index (χ0v) is 27.5. The van der Waals surface area contributed by atoms with E-state index in [1.165, 1.54) is 17.5 Å². The molecule has 212 valence electrons. The molecule has 0 bridgehead atoms. The minimum absolute atomic E-state index is 0. The highest BCUT2D eigenvalue weighted by atomic mass is 127. The van der Waals surface area contributed by atoms with Crippen LogP contribution < -0.4 is 66.6 Å². The molecule has 0 saturated heterocycles. The lowest BCUT2D eigenvalue weighted by atomic mass is 9.55. The molecule has 0 radical (unpaired) electrons. The Morgan fingerprint density at radius 1 is 0.900 bits per heavy atom. The zero-order valence-electron chi connectivity index (χ0n) is 23.2. The third kappa shape index (κ3) is 5.80. The van der Waals surface area contributed by atoms with Crippen molar-refractivity contribution < 1.29 is 76.2 Å². The van der Waals surface area contributed by atoms with Crippen molar-refractivity contribution in [3.63, 3.8) is 0 Å². The van der Waals surface area contributed by atoms with Gasteiger partial charge in [-0.15, -0.1) is 0 Å². The summed E-state index contributed by atoms with van der Waals surface area (Å²) in [5.41, 5.74) is 3.16. The maximum Gasteiger partial charge on any atom is 0.385 e. The second kappa shape index (κ2) is 12.4. The van der Waals surface area contributed by atoms with Gasteiger partial charge in [0, 0.05) is 17.5 Å². The third-order valence-electron chi connectivity index (χ3n) is 9.40. The number of nitrogens with zero attached hydrogens (tertiary/aromatic N) is 2. The molecule has 40 heavy (non-hydrogen) atoms. The Kier molecular flexibility index (Phi) is 9.59. The van der Waals surface area contributed by atoms with Crippen LogP contribution in [0, 0.1) is 17.3 Å². The molecule has 3 aliphatic carbocycles. The van der Waals surface area contributed by atoms with Gasteiger partial charge in [-0.3, -0.25) is 4.79 Å². The van der Waals surface area contributed by atoms with E-state index in [2.05, 4.69) is 25.3 Å². The average molecular weight is 766 g/mol. The lowest BCUT2D eigenvalue weighted by molar-refractivity contribution is -0.671. The molecule has 0 aliphatic heterocycles. The number of carbonyl (C=O) groups is 2. The van der Waals surface area contributed by atoms with E-state index in [0.717, 1.165) is 37.9 Å². The molecule has 3 aromatic rings. The monoisotopic (exact) mass is 766 g/mol. The Hall–Kier alpha value is -2.08. The number of rotatable bonds is 5. The van der Waals surface area contributed by atoms with Crippen LogP contribution in [0.15, 0.2) is 67.3 Å².